The molecule has 0 radical (unpaired) electrons. The zero-order valence-corrected chi connectivity index (χ0v) is 10.8. The molecule has 6 heteroatoms. The van der Waals surface area contributed by atoms with Crippen LogP contribution in [0.3, 0.4) is 0 Å². The van der Waals surface area contributed by atoms with Crippen molar-refractivity contribution in [3.05, 3.63) is 35.1 Å². The van der Waals surface area contributed by atoms with Crippen molar-refractivity contribution in [2.45, 2.75) is 32.6 Å². The van der Waals surface area contributed by atoms with E-state index in [0.29, 0.717) is 24.1 Å². The first-order valence-corrected chi connectivity index (χ1v) is 6.12. The first kappa shape index (κ1) is 15.9. The number of benzene rings is 1. The fourth-order valence-electron chi connectivity index (χ4n) is 1.96. The molecule has 0 saturated carbocycles. The molecule has 2 nitrogen and oxygen atoms in total. The van der Waals surface area contributed by atoms with Crippen LogP contribution in [0.4, 0.5) is 17.6 Å². The van der Waals surface area contributed by atoms with Gasteiger partial charge in [-0.2, -0.15) is 13.2 Å². The van der Waals surface area contributed by atoms with E-state index in [1.54, 1.807) is 0 Å². The lowest BCUT2D eigenvalue weighted by Crippen LogP contribution is -2.34. The Morgan fingerprint density at radius 3 is 2.42 bits per heavy atom. The van der Waals surface area contributed by atoms with E-state index in [-0.39, 0.29) is 13.1 Å². The van der Waals surface area contributed by atoms with E-state index in [1.807, 2.05) is 6.92 Å². The molecule has 0 aliphatic carbocycles. The van der Waals surface area contributed by atoms with Crippen molar-refractivity contribution in [1.29, 1.82) is 0 Å². The van der Waals surface area contributed by atoms with Gasteiger partial charge in [0.1, 0.15) is 5.82 Å². The first-order valence-electron chi connectivity index (χ1n) is 6.12. The van der Waals surface area contributed by atoms with Crippen LogP contribution in [0, 0.1) is 5.82 Å². The highest BCUT2D eigenvalue weighted by molar-refractivity contribution is 5.27. The number of hydrogen-bond donors (Lipinski definition) is 1. The summed E-state index contributed by atoms with van der Waals surface area (Å²) >= 11 is 0. The Bertz CT molecular complexity index is 404. The monoisotopic (exact) mass is 278 g/mol. The molecule has 1 aromatic rings. The van der Waals surface area contributed by atoms with Crippen LogP contribution in [0.2, 0.25) is 0 Å². The molecule has 0 fully saturated rings. The van der Waals surface area contributed by atoms with Gasteiger partial charge in [-0.25, -0.2) is 4.39 Å². The number of halogens is 4. The zero-order chi connectivity index (χ0) is 14.5. The number of hydrogen-bond acceptors (Lipinski definition) is 2. The van der Waals surface area contributed by atoms with E-state index in [1.165, 1.54) is 23.1 Å². The summed E-state index contributed by atoms with van der Waals surface area (Å²) in [6.45, 7) is 1.42. The van der Waals surface area contributed by atoms with Gasteiger partial charge in [0.2, 0.25) is 0 Å². The van der Waals surface area contributed by atoms with Gasteiger partial charge in [0.25, 0.3) is 0 Å². The third-order valence-electron chi connectivity index (χ3n) is 2.72. The van der Waals surface area contributed by atoms with Crippen molar-refractivity contribution in [3.8, 4) is 0 Å². The molecule has 0 amide bonds. The Kier molecular flexibility index (Phi) is 5.75. The fourth-order valence-corrected chi connectivity index (χ4v) is 1.96. The molecule has 0 unspecified atom stereocenters. The van der Waals surface area contributed by atoms with E-state index in [4.69, 9.17) is 5.73 Å². The summed E-state index contributed by atoms with van der Waals surface area (Å²) in [7, 11) is 0. The SMILES string of the molecule is CCCN(Cc1ccc(F)cc1CN)CC(F)(F)F. The molecule has 1 aromatic carbocycles. The topological polar surface area (TPSA) is 29.3 Å². The maximum atomic E-state index is 13.0. The molecular formula is C13H18F4N2. The van der Waals surface area contributed by atoms with Crippen LogP contribution in [0.25, 0.3) is 0 Å². The molecule has 1 rings (SSSR count). The second-order valence-corrected chi connectivity index (χ2v) is 4.44. The Hall–Kier alpha value is -1.14. The first-order chi connectivity index (χ1) is 8.85. The number of rotatable bonds is 6. The van der Waals surface area contributed by atoms with Gasteiger partial charge in [-0.05, 0) is 36.2 Å². The van der Waals surface area contributed by atoms with Crippen LogP contribution in [0.15, 0.2) is 18.2 Å². The van der Waals surface area contributed by atoms with Crippen molar-refractivity contribution in [2.24, 2.45) is 5.73 Å². The van der Waals surface area contributed by atoms with Crippen molar-refractivity contribution in [1.82, 2.24) is 4.90 Å². The van der Waals surface area contributed by atoms with E-state index >= 15 is 0 Å². The molecule has 0 aliphatic heterocycles. The fraction of sp³-hybridized carbons (Fsp3) is 0.538. The Labute approximate surface area is 110 Å². The van der Waals surface area contributed by atoms with Crippen LogP contribution in [-0.4, -0.2) is 24.2 Å². The number of nitrogens with zero attached hydrogens (tertiary/aromatic N) is 1. The van der Waals surface area contributed by atoms with Gasteiger partial charge in [0.15, 0.2) is 0 Å². The van der Waals surface area contributed by atoms with Crippen molar-refractivity contribution in [3.63, 3.8) is 0 Å². The third-order valence-corrected chi connectivity index (χ3v) is 2.72. The van der Waals surface area contributed by atoms with Crippen molar-refractivity contribution in [2.75, 3.05) is 13.1 Å². The quantitative estimate of drug-likeness (QED) is 0.810. The van der Waals surface area contributed by atoms with Gasteiger partial charge in [0, 0.05) is 13.1 Å². The minimum atomic E-state index is -4.24. The molecule has 0 spiro atoms. The van der Waals surface area contributed by atoms with Crippen LogP contribution in [0.1, 0.15) is 24.5 Å². The van der Waals surface area contributed by atoms with Crippen molar-refractivity contribution < 1.29 is 17.6 Å². The summed E-state index contributed by atoms with van der Waals surface area (Å²) in [5.41, 5.74) is 6.67. The van der Waals surface area contributed by atoms with Gasteiger partial charge in [-0.15, -0.1) is 0 Å². The molecular weight excluding hydrogens is 260 g/mol. The molecule has 0 saturated heterocycles. The second kappa shape index (κ2) is 6.86. The second-order valence-electron chi connectivity index (χ2n) is 4.44. The van der Waals surface area contributed by atoms with E-state index in [0.717, 1.165) is 0 Å². The summed E-state index contributed by atoms with van der Waals surface area (Å²) in [6, 6.07) is 4.01. The summed E-state index contributed by atoms with van der Waals surface area (Å²) in [5, 5.41) is 0. The smallest absolute Gasteiger partial charge is 0.326 e. The average molecular weight is 278 g/mol. The van der Waals surface area contributed by atoms with Crippen LogP contribution >= 0.6 is 0 Å². The molecule has 0 aliphatic rings. The minimum Gasteiger partial charge on any atom is -0.326 e. The number of alkyl halides is 3. The van der Waals surface area contributed by atoms with Crippen LogP contribution in [-0.2, 0) is 13.1 Å². The predicted octanol–water partition coefficient (Wildman–Crippen LogP) is 3.06. The number of nitrogens with two attached hydrogens (primary N) is 1. The summed E-state index contributed by atoms with van der Waals surface area (Å²) in [5.74, 6) is -0.429. The molecule has 0 atom stereocenters. The highest BCUT2D eigenvalue weighted by Crippen LogP contribution is 2.20. The van der Waals surface area contributed by atoms with E-state index in [2.05, 4.69) is 0 Å². The molecule has 19 heavy (non-hydrogen) atoms. The lowest BCUT2D eigenvalue weighted by atomic mass is 10.1. The van der Waals surface area contributed by atoms with Gasteiger partial charge >= 0.3 is 6.18 Å². The highest BCUT2D eigenvalue weighted by atomic mass is 19.4. The molecule has 2 N–H and O–H groups in total. The predicted molar refractivity (Wildman–Crippen MR) is 65.9 cm³/mol. The van der Waals surface area contributed by atoms with Crippen molar-refractivity contribution >= 4 is 0 Å². The molecule has 0 heterocycles. The van der Waals surface area contributed by atoms with Gasteiger partial charge in [-0.1, -0.05) is 13.0 Å². The highest BCUT2D eigenvalue weighted by Gasteiger charge is 2.30. The average Bonchev–Trinajstić information content (AvgIpc) is 2.29. The summed E-state index contributed by atoms with van der Waals surface area (Å²) in [4.78, 5) is 1.30. The molecule has 0 bridgehead atoms. The Balaban J connectivity index is 2.84. The normalized spacial score (nSPS) is 12.2. The maximum Gasteiger partial charge on any atom is 0.401 e. The maximum absolute atomic E-state index is 13.0. The molecule has 0 aromatic heterocycles. The van der Waals surface area contributed by atoms with Gasteiger partial charge < -0.3 is 5.73 Å². The standard InChI is InChI=1S/C13H18F4N2/c1-2-5-19(9-13(15,16)17)8-10-3-4-12(14)6-11(10)7-18/h3-4,6H,2,5,7-9,18H2,1H3. The van der Waals surface area contributed by atoms with Crippen LogP contribution in [0.5, 0.6) is 0 Å². The zero-order valence-electron chi connectivity index (χ0n) is 10.8. The molecule has 108 valence electrons. The Morgan fingerprint density at radius 1 is 1.21 bits per heavy atom. The lowest BCUT2D eigenvalue weighted by molar-refractivity contribution is -0.147. The van der Waals surface area contributed by atoms with Gasteiger partial charge in [-0.3, -0.25) is 4.90 Å². The van der Waals surface area contributed by atoms with Gasteiger partial charge in [0.05, 0.1) is 6.54 Å². The van der Waals surface area contributed by atoms with E-state index < -0.39 is 18.5 Å². The third kappa shape index (κ3) is 5.57. The summed E-state index contributed by atoms with van der Waals surface area (Å²) in [6.07, 6.45) is -3.62. The van der Waals surface area contributed by atoms with E-state index in [9.17, 15) is 17.6 Å². The summed E-state index contributed by atoms with van der Waals surface area (Å²) < 4.78 is 50.4. The Morgan fingerprint density at radius 2 is 1.89 bits per heavy atom. The minimum absolute atomic E-state index is 0.110. The lowest BCUT2D eigenvalue weighted by Gasteiger charge is -2.24. The largest absolute Gasteiger partial charge is 0.401 e. The van der Waals surface area contributed by atoms with Crippen LogP contribution < -0.4 is 5.73 Å².